The molecule has 2 N–H and O–H groups in total. The summed E-state index contributed by atoms with van der Waals surface area (Å²) in [5.74, 6) is -0.0574. The summed E-state index contributed by atoms with van der Waals surface area (Å²) in [6.45, 7) is 0.238. The third kappa shape index (κ3) is 2.37. The highest BCUT2D eigenvalue weighted by Gasteiger charge is 2.29. The van der Waals surface area contributed by atoms with Crippen LogP contribution in [0.1, 0.15) is 5.56 Å². The molecular weight excluding hydrogens is 239 g/mol. The minimum atomic E-state index is -4.44. The van der Waals surface area contributed by atoms with Gasteiger partial charge in [0.15, 0.2) is 12.3 Å². The van der Waals surface area contributed by atoms with Gasteiger partial charge in [-0.1, -0.05) is 0 Å². The second-order valence-corrected chi connectivity index (χ2v) is 3.33. The molecule has 0 aliphatic carbocycles. The Balaban J connectivity index is 2.38. The molecule has 0 saturated heterocycles. The Hall–Kier alpha value is -2.06. The van der Waals surface area contributed by atoms with Gasteiger partial charge in [0, 0.05) is 11.8 Å². The van der Waals surface area contributed by atoms with Crippen LogP contribution in [0.2, 0.25) is 0 Å². The lowest BCUT2D eigenvalue weighted by molar-refractivity contribution is -0.155. The third-order valence-electron chi connectivity index (χ3n) is 1.89. The van der Waals surface area contributed by atoms with Crippen molar-refractivity contribution in [3.05, 3.63) is 11.8 Å². The van der Waals surface area contributed by atoms with Crippen molar-refractivity contribution in [3.63, 3.8) is 0 Å². The van der Waals surface area contributed by atoms with Gasteiger partial charge in [-0.2, -0.15) is 22.7 Å². The lowest BCUT2D eigenvalue weighted by atomic mass is 10.4. The number of aryl methyl sites for hydroxylation is 1. The molecule has 0 aromatic carbocycles. The normalized spacial score (nSPS) is 12.0. The number of halogens is 3. The van der Waals surface area contributed by atoms with Gasteiger partial charge in [0.25, 0.3) is 0 Å². The molecule has 0 unspecified atom stereocenters. The first kappa shape index (κ1) is 11.4. The topological polar surface area (TPSA) is 78.3 Å². The van der Waals surface area contributed by atoms with Crippen LogP contribution in [0.5, 0.6) is 6.01 Å². The fourth-order valence-corrected chi connectivity index (χ4v) is 1.23. The smallest absolute Gasteiger partial charge is 0.422 e. The van der Waals surface area contributed by atoms with E-state index in [4.69, 9.17) is 5.73 Å². The molecule has 2 aromatic rings. The Labute approximate surface area is 93.2 Å². The summed E-state index contributed by atoms with van der Waals surface area (Å²) in [6, 6.07) is -0.299. The number of hydrogen-bond acceptors (Lipinski definition) is 5. The summed E-state index contributed by atoms with van der Waals surface area (Å²) in [5.41, 5.74) is 6.31. The molecule has 9 heteroatoms. The molecule has 2 heterocycles. The van der Waals surface area contributed by atoms with Crippen molar-refractivity contribution < 1.29 is 17.9 Å². The monoisotopic (exact) mass is 247 g/mol. The quantitative estimate of drug-likeness (QED) is 0.854. The molecule has 0 saturated carbocycles. The molecule has 0 bridgehead atoms. The maximum Gasteiger partial charge on any atom is 0.422 e. The van der Waals surface area contributed by atoms with Crippen LogP contribution in [0.4, 0.5) is 19.1 Å². The minimum Gasteiger partial charge on any atom is -0.454 e. The Morgan fingerprint density at radius 2 is 2.18 bits per heavy atom. The number of nitrogens with two attached hydrogens (primary N) is 1. The van der Waals surface area contributed by atoms with Crippen molar-refractivity contribution >= 4 is 11.6 Å². The van der Waals surface area contributed by atoms with E-state index in [-0.39, 0.29) is 12.0 Å². The highest BCUT2D eigenvalue weighted by molar-refractivity contribution is 5.49. The maximum absolute atomic E-state index is 12.0. The van der Waals surface area contributed by atoms with Crippen molar-refractivity contribution in [2.75, 3.05) is 12.3 Å². The fraction of sp³-hybridized carbons (Fsp3) is 0.375. The van der Waals surface area contributed by atoms with Gasteiger partial charge in [-0.05, 0) is 6.92 Å². The van der Waals surface area contributed by atoms with E-state index >= 15 is 0 Å². The standard InChI is InChI=1S/C8H8F3N5O/c1-4-2-13-7(17-3-8(9,10)11)16-5(4)14-6(12)15-16/h2H,3H2,1H3,(H2,12,15). The van der Waals surface area contributed by atoms with Crippen LogP contribution in [0.15, 0.2) is 6.20 Å². The van der Waals surface area contributed by atoms with Crippen LogP contribution in [-0.4, -0.2) is 32.4 Å². The molecule has 6 nitrogen and oxygen atoms in total. The van der Waals surface area contributed by atoms with E-state index in [1.165, 1.54) is 6.20 Å². The van der Waals surface area contributed by atoms with E-state index in [0.29, 0.717) is 11.2 Å². The lowest BCUT2D eigenvalue weighted by Crippen LogP contribution is -2.21. The molecule has 0 spiro atoms. The van der Waals surface area contributed by atoms with Gasteiger partial charge < -0.3 is 10.5 Å². The number of alkyl halides is 3. The molecule has 2 rings (SSSR count). The summed E-state index contributed by atoms with van der Waals surface area (Å²) >= 11 is 0. The number of anilines is 1. The molecule has 17 heavy (non-hydrogen) atoms. The summed E-state index contributed by atoms with van der Waals surface area (Å²) in [4.78, 5) is 7.55. The Morgan fingerprint density at radius 3 is 2.82 bits per heavy atom. The molecular formula is C8H8F3N5O. The number of hydrogen-bond donors (Lipinski definition) is 1. The van der Waals surface area contributed by atoms with Crippen molar-refractivity contribution in [2.24, 2.45) is 0 Å². The highest BCUT2D eigenvalue weighted by atomic mass is 19.4. The first-order chi connectivity index (χ1) is 7.87. The molecule has 0 atom stereocenters. The number of fused-ring (bicyclic) bond motifs is 1. The minimum absolute atomic E-state index is 0.0574. The number of ether oxygens (including phenoxy) is 1. The summed E-state index contributed by atoms with van der Waals surface area (Å²) in [5, 5.41) is 3.70. The second kappa shape index (κ2) is 3.75. The Morgan fingerprint density at radius 1 is 1.47 bits per heavy atom. The predicted molar refractivity (Wildman–Crippen MR) is 51.5 cm³/mol. The summed E-state index contributed by atoms with van der Waals surface area (Å²) < 4.78 is 41.6. The molecule has 0 amide bonds. The first-order valence-corrected chi connectivity index (χ1v) is 4.54. The molecule has 0 aliphatic rings. The van der Waals surface area contributed by atoms with Crippen LogP contribution in [0, 0.1) is 6.92 Å². The molecule has 2 aromatic heterocycles. The summed E-state index contributed by atoms with van der Waals surface area (Å²) in [7, 11) is 0. The van der Waals surface area contributed by atoms with Gasteiger partial charge in [0.05, 0.1) is 0 Å². The lowest BCUT2D eigenvalue weighted by Gasteiger charge is -2.08. The van der Waals surface area contributed by atoms with Crippen molar-refractivity contribution in [3.8, 4) is 6.01 Å². The van der Waals surface area contributed by atoms with Gasteiger partial charge in [0.2, 0.25) is 5.95 Å². The third-order valence-corrected chi connectivity index (χ3v) is 1.89. The van der Waals surface area contributed by atoms with Gasteiger partial charge in [-0.25, -0.2) is 4.98 Å². The van der Waals surface area contributed by atoms with Crippen molar-refractivity contribution in [1.29, 1.82) is 0 Å². The van der Waals surface area contributed by atoms with Crippen molar-refractivity contribution in [2.45, 2.75) is 13.1 Å². The van der Waals surface area contributed by atoms with Crippen LogP contribution < -0.4 is 10.5 Å². The van der Waals surface area contributed by atoms with E-state index in [9.17, 15) is 13.2 Å². The summed E-state index contributed by atoms with van der Waals surface area (Å²) in [6.07, 6.45) is -3.10. The van der Waals surface area contributed by atoms with E-state index in [1.54, 1.807) is 6.92 Å². The van der Waals surface area contributed by atoms with Crippen molar-refractivity contribution in [1.82, 2.24) is 19.6 Å². The SMILES string of the molecule is Cc1cnc(OCC(F)(F)F)n2nc(N)nc12. The maximum atomic E-state index is 12.0. The molecule has 0 fully saturated rings. The molecule has 0 radical (unpaired) electrons. The van der Waals surface area contributed by atoms with Gasteiger partial charge in [-0.15, -0.1) is 5.10 Å². The fourth-order valence-electron chi connectivity index (χ4n) is 1.23. The second-order valence-electron chi connectivity index (χ2n) is 3.33. The van der Waals surface area contributed by atoms with Gasteiger partial charge >= 0.3 is 12.2 Å². The number of nitrogens with zero attached hydrogens (tertiary/aromatic N) is 4. The van der Waals surface area contributed by atoms with E-state index in [0.717, 1.165) is 4.52 Å². The number of rotatable bonds is 2. The number of nitrogen functional groups attached to an aromatic ring is 1. The van der Waals surface area contributed by atoms with Gasteiger partial charge in [-0.3, -0.25) is 0 Å². The van der Waals surface area contributed by atoms with Crippen LogP contribution >= 0.6 is 0 Å². The Kier molecular flexibility index (Phi) is 2.52. The molecule has 92 valence electrons. The average Bonchev–Trinajstić information content (AvgIpc) is 2.58. The highest BCUT2D eigenvalue weighted by Crippen LogP contribution is 2.18. The zero-order valence-corrected chi connectivity index (χ0v) is 8.69. The van der Waals surface area contributed by atoms with Crippen LogP contribution in [0.25, 0.3) is 5.65 Å². The zero-order chi connectivity index (χ0) is 12.6. The van der Waals surface area contributed by atoms with Crippen LogP contribution in [0.3, 0.4) is 0 Å². The zero-order valence-electron chi connectivity index (χ0n) is 8.69. The number of aromatic nitrogens is 4. The average molecular weight is 247 g/mol. The van der Waals surface area contributed by atoms with Crippen LogP contribution in [-0.2, 0) is 0 Å². The predicted octanol–water partition coefficient (Wildman–Crippen LogP) is 0.956. The Bertz CT molecular complexity index is 550. The first-order valence-electron chi connectivity index (χ1n) is 4.54. The van der Waals surface area contributed by atoms with E-state index in [1.807, 2.05) is 0 Å². The van der Waals surface area contributed by atoms with E-state index in [2.05, 4.69) is 19.8 Å². The largest absolute Gasteiger partial charge is 0.454 e. The van der Waals surface area contributed by atoms with Gasteiger partial charge in [0.1, 0.15) is 0 Å². The van der Waals surface area contributed by atoms with E-state index < -0.39 is 12.8 Å². The molecule has 0 aliphatic heterocycles.